The number of aliphatic imine (C=N–C) groups is 1. The maximum Gasteiger partial charge on any atom is 0.144 e. The summed E-state index contributed by atoms with van der Waals surface area (Å²) in [6.45, 7) is 1.95. The molecule has 0 unspecified atom stereocenters. The summed E-state index contributed by atoms with van der Waals surface area (Å²) in [4.78, 5) is 4.41. The summed E-state index contributed by atoms with van der Waals surface area (Å²) >= 11 is 0. The molecule has 0 saturated carbocycles. The Morgan fingerprint density at radius 3 is 2.65 bits per heavy atom. The molecule has 0 spiro atoms. The second-order valence-electron chi connectivity index (χ2n) is 3.83. The Hall–Kier alpha value is -1.87. The van der Waals surface area contributed by atoms with Crippen molar-refractivity contribution in [3.8, 4) is 0 Å². The summed E-state index contributed by atoms with van der Waals surface area (Å²) in [7, 11) is 0. The van der Waals surface area contributed by atoms with Crippen LogP contribution in [0.4, 0.5) is 0 Å². The van der Waals surface area contributed by atoms with Gasteiger partial charge in [0.05, 0.1) is 12.3 Å². The van der Waals surface area contributed by atoms with Gasteiger partial charge in [0.2, 0.25) is 0 Å². The van der Waals surface area contributed by atoms with Gasteiger partial charge in [-0.3, -0.25) is 4.99 Å². The van der Waals surface area contributed by atoms with Crippen molar-refractivity contribution >= 4 is 6.21 Å². The average Bonchev–Trinajstić information content (AvgIpc) is 2.85. The first-order chi connectivity index (χ1) is 8.29. The predicted molar refractivity (Wildman–Crippen MR) is 67.1 cm³/mol. The van der Waals surface area contributed by atoms with E-state index in [4.69, 9.17) is 9.52 Å². The number of aliphatic hydroxyl groups excluding tert-OH is 1. The molecule has 1 N–H and O–H groups in total. The number of nitrogens with zero attached hydrogens (tertiary/aromatic N) is 1. The van der Waals surface area contributed by atoms with E-state index >= 15 is 0 Å². The molecule has 0 fully saturated rings. The van der Waals surface area contributed by atoms with Gasteiger partial charge in [0.25, 0.3) is 0 Å². The molecule has 2 aromatic rings. The van der Waals surface area contributed by atoms with E-state index in [1.807, 2.05) is 37.3 Å². The number of aliphatic hydroxyl groups is 1. The minimum atomic E-state index is -0.0813. The molecule has 0 aliphatic carbocycles. The van der Waals surface area contributed by atoms with Crippen LogP contribution in [0.3, 0.4) is 0 Å². The highest BCUT2D eigenvalue weighted by Gasteiger charge is 2.02. The highest BCUT2D eigenvalue weighted by atomic mass is 16.4. The molecule has 3 heteroatoms. The molecule has 1 aromatic carbocycles. The highest BCUT2D eigenvalue weighted by molar-refractivity contribution is 5.76. The SMILES string of the molecule is C[C@@H](N=Cc1ccc(CO)o1)c1ccccc1. The molecular weight excluding hydrogens is 214 g/mol. The lowest BCUT2D eigenvalue weighted by Crippen LogP contribution is -1.89. The van der Waals surface area contributed by atoms with E-state index in [1.165, 1.54) is 0 Å². The molecule has 2 rings (SSSR count). The summed E-state index contributed by atoms with van der Waals surface area (Å²) in [5.74, 6) is 1.22. The number of rotatable bonds is 4. The molecule has 1 heterocycles. The fraction of sp³-hybridized carbons (Fsp3) is 0.214. The lowest BCUT2D eigenvalue weighted by Gasteiger charge is -2.04. The molecule has 17 heavy (non-hydrogen) atoms. The molecule has 0 radical (unpaired) electrons. The van der Waals surface area contributed by atoms with Gasteiger partial charge in [-0.25, -0.2) is 0 Å². The van der Waals surface area contributed by atoms with Crippen LogP contribution < -0.4 is 0 Å². The van der Waals surface area contributed by atoms with E-state index in [9.17, 15) is 0 Å². The van der Waals surface area contributed by atoms with Crippen LogP contribution in [0.25, 0.3) is 0 Å². The topological polar surface area (TPSA) is 45.7 Å². The molecule has 0 aliphatic rings. The lowest BCUT2D eigenvalue weighted by atomic mass is 10.1. The van der Waals surface area contributed by atoms with Gasteiger partial charge in [-0.1, -0.05) is 30.3 Å². The first kappa shape index (κ1) is 11.6. The molecule has 0 amide bonds. The zero-order valence-electron chi connectivity index (χ0n) is 9.71. The fourth-order valence-corrected chi connectivity index (χ4v) is 1.55. The van der Waals surface area contributed by atoms with Crippen LogP contribution in [0.15, 0.2) is 51.9 Å². The summed E-state index contributed by atoms with van der Waals surface area (Å²) in [6.07, 6.45) is 1.69. The van der Waals surface area contributed by atoms with E-state index in [-0.39, 0.29) is 12.6 Å². The summed E-state index contributed by atoms with van der Waals surface area (Å²) in [5.41, 5.74) is 1.16. The number of hydrogen-bond donors (Lipinski definition) is 1. The van der Waals surface area contributed by atoms with E-state index in [2.05, 4.69) is 4.99 Å². The molecule has 0 aliphatic heterocycles. The average molecular weight is 229 g/mol. The Morgan fingerprint density at radius 2 is 2.00 bits per heavy atom. The third-order valence-electron chi connectivity index (χ3n) is 2.55. The lowest BCUT2D eigenvalue weighted by molar-refractivity contribution is 0.247. The van der Waals surface area contributed by atoms with Gasteiger partial charge in [-0.2, -0.15) is 0 Å². The van der Waals surface area contributed by atoms with Gasteiger partial charge in [0.1, 0.15) is 18.1 Å². The zero-order chi connectivity index (χ0) is 12.1. The smallest absolute Gasteiger partial charge is 0.144 e. The van der Waals surface area contributed by atoms with Gasteiger partial charge >= 0.3 is 0 Å². The summed E-state index contributed by atoms with van der Waals surface area (Å²) < 4.78 is 5.32. The maximum absolute atomic E-state index is 8.87. The Bertz CT molecular complexity index is 488. The van der Waals surface area contributed by atoms with E-state index in [1.54, 1.807) is 18.3 Å². The van der Waals surface area contributed by atoms with Gasteiger partial charge in [-0.15, -0.1) is 0 Å². The van der Waals surface area contributed by atoms with E-state index < -0.39 is 0 Å². The molecular formula is C14H15NO2. The monoisotopic (exact) mass is 229 g/mol. The van der Waals surface area contributed by atoms with Crippen LogP contribution in [-0.4, -0.2) is 11.3 Å². The third-order valence-corrected chi connectivity index (χ3v) is 2.55. The van der Waals surface area contributed by atoms with Crippen LogP contribution in [-0.2, 0) is 6.61 Å². The van der Waals surface area contributed by atoms with Crippen molar-refractivity contribution in [2.24, 2.45) is 4.99 Å². The van der Waals surface area contributed by atoms with Crippen molar-refractivity contribution < 1.29 is 9.52 Å². The molecule has 1 atom stereocenters. The van der Waals surface area contributed by atoms with Gasteiger partial charge in [-0.05, 0) is 24.6 Å². The van der Waals surface area contributed by atoms with Crippen LogP contribution in [0, 0.1) is 0 Å². The Kier molecular flexibility index (Phi) is 3.73. The molecule has 1 aromatic heterocycles. The van der Waals surface area contributed by atoms with Crippen molar-refractivity contribution in [3.63, 3.8) is 0 Å². The number of benzene rings is 1. The molecule has 0 bridgehead atoms. The van der Waals surface area contributed by atoms with Crippen molar-refractivity contribution in [2.45, 2.75) is 19.6 Å². The minimum absolute atomic E-state index is 0.0813. The summed E-state index contributed by atoms with van der Waals surface area (Å²) in [6, 6.07) is 13.7. The third kappa shape index (κ3) is 3.04. The fourth-order valence-electron chi connectivity index (χ4n) is 1.55. The first-order valence-electron chi connectivity index (χ1n) is 5.57. The van der Waals surface area contributed by atoms with E-state index in [0.29, 0.717) is 11.5 Å². The van der Waals surface area contributed by atoms with Crippen molar-refractivity contribution in [1.29, 1.82) is 0 Å². The van der Waals surface area contributed by atoms with Crippen molar-refractivity contribution in [3.05, 3.63) is 59.5 Å². The quantitative estimate of drug-likeness (QED) is 0.819. The standard InChI is InChI=1S/C14H15NO2/c1-11(12-5-3-2-4-6-12)15-9-13-7-8-14(10-16)17-13/h2-9,11,16H,10H2,1H3/t11-/m1/s1. The first-order valence-corrected chi connectivity index (χ1v) is 5.57. The largest absolute Gasteiger partial charge is 0.458 e. The minimum Gasteiger partial charge on any atom is -0.458 e. The Labute approximate surface area is 100 Å². The molecule has 88 valence electrons. The number of furan rings is 1. The zero-order valence-corrected chi connectivity index (χ0v) is 9.71. The second kappa shape index (κ2) is 5.46. The predicted octanol–water partition coefficient (Wildman–Crippen LogP) is 2.95. The molecule has 3 nitrogen and oxygen atoms in total. The Balaban J connectivity index is 2.05. The highest BCUT2D eigenvalue weighted by Crippen LogP contribution is 2.16. The second-order valence-corrected chi connectivity index (χ2v) is 3.83. The van der Waals surface area contributed by atoms with Gasteiger partial charge in [0, 0.05) is 0 Å². The van der Waals surface area contributed by atoms with Gasteiger partial charge in [0.15, 0.2) is 0 Å². The van der Waals surface area contributed by atoms with E-state index in [0.717, 1.165) is 5.56 Å². The van der Waals surface area contributed by atoms with Crippen molar-refractivity contribution in [2.75, 3.05) is 0 Å². The normalized spacial score (nSPS) is 13.1. The van der Waals surface area contributed by atoms with Gasteiger partial charge < -0.3 is 9.52 Å². The Morgan fingerprint density at radius 1 is 1.24 bits per heavy atom. The molecule has 0 saturated heterocycles. The van der Waals surface area contributed by atoms with Crippen LogP contribution >= 0.6 is 0 Å². The van der Waals surface area contributed by atoms with Crippen molar-refractivity contribution in [1.82, 2.24) is 0 Å². The van der Waals surface area contributed by atoms with Crippen LogP contribution in [0.1, 0.15) is 30.0 Å². The van der Waals surface area contributed by atoms with Crippen LogP contribution in [0.2, 0.25) is 0 Å². The number of hydrogen-bond acceptors (Lipinski definition) is 3. The maximum atomic E-state index is 8.87. The summed E-state index contributed by atoms with van der Waals surface area (Å²) in [5, 5.41) is 8.87. The van der Waals surface area contributed by atoms with Crippen LogP contribution in [0.5, 0.6) is 0 Å².